The lowest BCUT2D eigenvalue weighted by Crippen LogP contribution is -2.19. The Balaban J connectivity index is 1.56. The van der Waals surface area contributed by atoms with Gasteiger partial charge in [-0.25, -0.2) is 9.78 Å². The molecule has 8 nitrogen and oxygen atoms in total. The molecule has 9 heteroatoms. The molecule has 0 radical (unpaired) electrons. The molecule has 3 amide bonds. The molecule has 0 saturated carbocycles. The molecule has 0 fully saturated rings. The number of hydrogen-bond acceptors (Lipinski definition) is 5. The van der Waals surface area contributed by atoms with Crippen molar-refractivity contribution >= 4 is 40.7 Å². The van der Waals surface area contributed by atoms with Gasteiger partial charge in [0.1, 0.15) is 16.6 Å². The molecule has 0 atom stereocenters. The predicted molar refractivity (Wildman–Crippen MR) is 102 cm³/mol. The molecule has 0 aliphatic heterocycles. The van der Waals surface area contributed by atoms with E-state index in [9.17, 15) is 9.59 Å². The number of carbonyl (C=O) groups is 2. The van der Waals surface area contributed by atoms with Crippen LogP contribution in [0, 0.1) is 0 Å². The van der Waals surface area contributed by atoms with E-state index in [4.69, 9.17) is 16.1 Å². The van der Waals surface area contributed by atoms with Crippen molar-refractivity contribution in [3.8, 4) is 0 Å². The van der Waals surface area contributed by atoms with Crippen LogP contribution >= 0.6 is 11.6 Å². The summed E-state index contributed by atoms with van der Waals surface area (Å²) in [7, 11) is 0. The molecular formula is C18H16ClN5O3. The summed E-state index contributed by atoms with van der Waals surface area (Å²) in [4.78, 5) is 28.0. The van der Waals surface area contributed by atoms with E-state index in [1.807, 2.05) is 6.92 Å². The second-order valence-electron chi connectivity index (χ2n) is 5.49. The normalized spacial score (nSPS) is 10.3. The number of carbonyl (C=O) groups excluding carboxylic acids is 2. The Bertz CT molecular complexity index is 956. The second kappa shape index (κ2) is 8.33. The van der Waals surface area contributed by atoms with Gasteiger partial charge in [-0.2, -0.15) is 0 Å². The molecule has 3 aromatic rings. The summed E-state index contributed by atoms with van der Waals surface area (Å²) in [6, 6.07) is 12.6. The van der Waals surface area contributed by atoms with Crippen LogP contribution in [0.5, 0.6) is 0 Å². The van der Waals surface area contributed by atoms with E-state index in [1.54, 1.807) is 48.5 Å². The minimum Gasteiger partial charge on any atom is -0.359 e. The first-order valence-electron chi connectivity index (χ1n) is 8.11. The molecule has 0 aliphatic rings. The largest absolute Gasteiger partial charge is 0.359 e. The molecule has 1 aromatic carbocycles. The number of anilines is 3. The topological polar surface area (TPSA) is 109 Å². The van der Waals surface area contributed by atoms with Crippen molar-refractivity contribution in [2.75, 3.05) is 16.0 Å². The number of aryl methyl sites for hydroxylation is 1. The molecule has 0 bridgehead atoms. The van der Waals surface area contributed by atoms with E-state index >= 15 is 0 Å². The Morgan fingerprint density at radius 2 is 1.74 bits per heavy atom. The fraction of sp³-hybridized carbons (Fsp3) is 0.111. The van der Waals surface area contributed by atoms with E-state index in [0.29, 0.717) is 29.4 Å². The number of halogens is 1. The summed E-state index contributed by atoms with van der Waals surface area (Å²) in [6.07, 6.45) is 0.689. The number of benzene rings is 1. The Kier molecular flexibility index (Phi) is 5.68. The molecule has 138 valence electrons. The van der Waals surface area contributed by atoms with Crippen LogP contribution in [-0.4, -0.2) is 22.1 Å². The van der Waals surface area contributed by atoms with E-state index in [-0.39, 0.29) is 16.8 Å². The van der Waals surface area contributed by atoms with Gasteiger partial charge in [-0.05, 0) is 36.4 Å². The van der Waals surface area contributed by atoms with Gasteiger partial charge in [0.05, 0.1) is 0 Å². The SMILES string of the molecule is CCc1cc(NC(=O)Nc2ccc(NC(=O)c3cccc(Cl)n3)cc2)no1. The summed E-state index contributed by atoms with van der Waals surface area (Å²) in [5.74, 6) is 0.635. The average Bonchev–Trinajstić information content (AvgIpc) is 3.10. The van der Waals surface area contributed by atoms with Gasteiger partial charge >= 0.3 is 6.03 Å². The third-order valence-corrected chi connectivity index (χ3v) is 3.71. The maximum Gasteiger partial charge on any atom is 0.324 e. The summed E-state index contributed by atoms with van der Waals surface area (Å²) in [5.41, 5.74) is 1.31. The van der Waals surface area contributed by atoms with Gasteiger partial charge < -0.3 is 15.2 Å². The second-order valence-corrected chi connectivity index (χ2v) is 5.88. The van der Waals surface area contributed by atoms with E-state index in [0.717, 1.165) is 0 Å². The minimum absolute atomic E-state index is 0.211. The fourth-order valence-corrected chi connectivity index (χ4v) is 2.35. The number of amides is 3. The van der Waals surface area contributed by atoms with E-state index in [1.165, 1.54) is 0 Å². The highest BCUT2D eigenvalue weighted by Gasteiger charge is 2.09. The van der Waals surface area contributed by atoms with E-state index < -0.39 is 6.03 Å². The first kappa shape index (κ1) is 18.4. The number of aromatic nitrogens is 2. The molecule has 0 spiro atoms. The third-order valence-electron chi connectivity index (χ3n) is 3.50. The van der Waals surface area contributed by atoms with Crippen LogP contribution in [0.3, 0.4) is 0 Å². The van der Waals surface area contributed by atoms with Crippen molar-refractivity contribution in [1.82, 2.24) is 10.1 Å². The molecule has 0 unspecified atom stereocenters. The monoisotopic (exact) mass is 385 g/mol. The number of nitrogens with zero attached hydrogens (tertiary/aromatic N) is 2. The van der Waals surface area contributed by atoms with Crippen molar-refractivity contribution in [3.63, 3.8) is 0 Å². The van der Waals surface area contributed by atoms with Crippen molar-refractivity contribution in [3.05, 3.63) is 65.1 Å². The van der Waals surface area contributed by atoms with Gasteiger partial charge in [0.2, 0.25) is 0 Å². The molecule has 27 heavy (non-hydrogen) atoms. The summed E-state index contributed by atoms with van der Waals surface area (Å²) in [5, 5.41) is 11.9. The van der Waals surface area contributed by atoms with Gasteiger partial charge in [0, 0.05) is 23.9 Å². The van der Waals surface area contributed by atoms with Crippen LogP contribution in [-0.2, 0) is 6.42 Å². The van der Waals surface area contributed by atoms with Crippen molar-refractivity contribution in [2.45, 2.75) is 13.3 Å². The quantitative estimate of drug-likeness (QED) is 0.571. The number of urea groups is 1. The van der Waals surface area contributed by atoms with Crippen molar-refractivity contribution in [1.29, 1.82) is 0 Å². The van der Waals surface area contributed by atoms with Crippen molar-refractivity contribution < 1.29 is 14.1 Å². The van der Waals surface area contributed by atoms with Gasteiger partial charge in [0.15, 0.2) is 5.82 Å². The van der Waals surface area contributed by atoms with Crippen LogP contribution < -0.4 is 16.0 Å². The molecular weight excluding hydrogens is 370 g/mol. The molecule has 2 heterocycles. The van der Waals surface area contributed by atoms with Gasteiger partial charge in [0.25, 0.3) is 5.91 Å². The molecule has 0 aliphatic carbocycles. The first-order chi connectivity index (χ1) is 13.0. The lowest BCUT2D eigenvalue weighted by atomic mass is 10.2. The minimum atomic E-state index is -0.453. The van der Waals surface area contributed by atoms with Gasteiger partial charge in [-0.1, -0.05) is 29.7 Å². The lowest BCUT2D eigenvalue weighted by molar-refractivity contribution is 0.102. The van der Waals surface area contributed by atoms with Crippen LogP contribution in [0.1, 0.15) is 23.2 Å². The molecule has 3 N–H and O–H groups in total. The molecule has 2 aromatic heterocycles. The summed E-state index contributed by atoms with van der Waals surface area (Å²) in [6.45, 7) is 1.92. The smallest absolute Gasteiger partial charge is 0.324 e. The van der Waals surface area contributed by atoms with Crippen LogP contribution in [0.4, 0.5) is 22.0 Å². The Morgan fingerprint density at radius 3 is 2.37 bits per heavy atom. The highest BCUT2D eigenvalue weighted by atomic mass is 35.5. The number of rotatable bonds is 5. The number of hydrogen-bond donors (Lipinski definition) is 3. The first-order valence-corrected chi connectivity index (χ1v) is 8.49. The van der Waals surface area contributed by atoms with Crippen LogP contribution in [0.15, 0.2) is 53.1 Å². The zero-order valence-corrected chi connectivity index (χ0v) is 15.1. The van der Waals surface area contributed by atoms with Crippen molar-refractivity contribution in [2.24, 2.45) is 0 Å². The average molecular weight is 386 g/mol. The highest BCUT2D eigenvalue weighted by molar-refractivity contribution is 6.29. The lowest BCUT2D eigenvalue weighted by Gasteiger charge is -2.08. The van der Waals surface area contributed by atoms with Gasteiger partial charge in [-0.3, -0.25) is 10.1 Å². The van der Waals surface area contributed by atoms with E-state index in [2.05, 4.69) is 26.1 Å². The van der Waals surface area contributed by atoms with Crippen LogP contribution in [0.2, 0.25) is 5.15 Å². The van der Waals surface area contributed by atoms with Crippen LogP contribution in [0.25, 0.3) is 0 Å². The summed E-state index contributed by atoms with van der Waals surface area (Å²) >= 11 is 5.78. The fourth-order valence-electron chi connectivity index (χ4n) is 2.18. The Morgan fingerprint density at radius 1 is 1.04 bits per heavy atom. The Labute approximate surface area is 159 Å². The molecule has 0 saturated heterocycles. The maximum atomic E-state index is 12.1. The van der Waals surface area contributed by atoms with Gasteiger partial charge in [-0.15, -0.1) is 0 Å². The standard InChI is InChI=1S/C18H16ClN5O3/c1-2-13-10-16(24-27-13)23-18(26)21-12-8-6-11(7-9-12)20-17(25)14-4-3-5-15(19)22-14/h3-10H,2H2,1H3,(H,20,25)(H2,21,23,24,26). The molecule has 3 rings (SSSR count). The highest BCUT2D eigenvalue weighted by Crippen LogP contribution is 2.16. The predicted octanol–water partition coefficient (Wildman–Crippen LogP) is 4.18. The Hall–Kier alpha value is -3.39. The zero-order chi connectivity index (χ0) is 19.2. The number of nitrogens with one attached hydrogen (secondary N) is 3. The number of pyridine rings is 1. The zero-order valence-electron chi connectivity index (χ0n) is 14.3. The third kappa shape index (κ3) is 5.05. The maximum absolute atomic E-state index is 12.1. The summed E-state index contributed by atoms with van der Waals surface area (Å²) < 4.78 is 5.02.